The Kier molecular flexibility index (Phi) is 5.71. The van der Waals surface area contributed by atoms with E-state index in [2.05, 4.69) is 40.5 Å². The Morgan fingerprint density at radius 3 is 2.11 bits per heavy atom. The summed E-state index contributed by atoms with van der Waals surface area (Å²) in [6, 6.07) is 18.1. The van der Waals surface area contributed by atoms with Gasteiger partial charge in [-0.1, -0.05) is 36.4 Å². The summed E-state index contributed by atoms with van der Waals surface area (Å²) in [6.45, 7) is 1.94. The molecule has 3 rings (SSSR count). The molecule has 3 aromatic carbocycles. The summed E-state index contributed by atoms with van der Waals surface area (Å²) < 4.78 is 16.0. The molecule has 0 fully saturated rings. The third-order valence-corrected chi connectivity index (χ3v) is 4.27. The molecule has 0 unspecified atom stereocenters. The number of rotatable bonds is 6. The standard InChI is InChI=1S/C22H22N2O3/c1-15(18-10-9-17-7-5-6-8-19(17)13-18)24-23-14-16-11-20(25-2)22(27-4)21(12-16)26-3/h5-14H,1-4H3/b23-14+,24-15?. The predicted octanol–water partition coefficient (Wildman–Crippen LogP) is 4.71. The van der Waals surface area contributed by atoms with E-state index in [0.29, 0.717) is 17.2 Å². The van der Waals surface area contributed by atoms with E-state index in [9.17, 15) is 0 Å². The van der Waals surface area contributed by atoms with Crippen LogP contribution in [0.15, 0.2) is 64.8 Å². The van der Waals surface area contributed by atoms with Crippen LogP contribution in [0.2, 0.25) is 0 Å². The highest BCUT2D eigenvalue weighted by molar-refractivity contribution is 6.02. The first-order valence-electron chi connectivity index (χ1n) is 8.53. The largest absolute Gasteiger partial charge is 0.493 e. The molecule has 0 bridgehead atoms. The second-order valence-corrected chi connectivity index (χ2v) is 5.95. The summed E-state index contributed by atoms with van der Waals surface area (Å²) >= 11 is 0. The summed E-state index contributed by atoms with van der Waals surface area (Å²) in [5, 5.41) is 10.9. The number of hydrogen-bond donors (Lipinski definition) is 0. The number of methoxy groups -OCH3 is 3. The van der Waals surface area contributed by atoms with Gasteiger partial charge in [0.2, 0.25) is 5.75 Å². The number of nitrogens with zero attached hydrogens (tertiary/aromatic N) is 2. The first kappa shape index (κ1) is 18.5. The van der Waals surface area contributed by atoms with Crippen LogP contribution < -0.4 is 14.2 Å². The van der Waals surface area contributed by atoms with Crippen LogP contribution in [0, 0.1) is 0 Å². The van der Waals surface area contributed by atoms with E-state index in [1.54, 1.807) is 27.5 Å². The Hall–Kier alpha value is -3.34. The van der Waals surface area contributed by atoms with Crippen molar-refractivity contribution in [2.24, 2.45) is 10.2 Å². The monoisotopic (exact) mass is 362 g/mol. The average Bonchev–Trinajstić information content (AvgIpc) is 2.72. The molecule has 5 nitrogen and oxygen atoms in total. The van der Waals surface area contributed by atoms with E-state index in [4.69, 9.17) is 14.2 Å². The summed E-state index contributed by atoms with van der Waals surface area (Å²) in [4.78, 5) is 0. The predicted molar refractivity (Wildman–Crippen MR) is 110 cm³/mol. The Balaban J connectivity index is 1.86. The summed E-state index contributed by atoms with van der Waals surface area (Å²) in [6.07, 6.45) is 1.66. The molecule has 0 amide bonds. The highest BCUT2D eigenvalue weighted by atomic mass is 16.5. The van der Waals surface area contributed by atoms with Gasteiger partial charge in [0, 0.05) is 5.56 Å². The Bertz CT molecular complexity index is 984. The van der Waals surface area contributed by atoms with E-state index >= 15 is 0 Å². The average molecular weight is 362 g/mol. The molecule has 0 N–H and O–H groups in total. The van der Waals surface area contributed by atoms with Crippen molar-refractivity contribution in [2.45, 2.75) is 6.92 Å². The lowest BCUT2D eigenvalue weighted by molar-refractivity contribution is 0.324. The third-order valence-electron chi connectivity index (χ3n) is 4.27. The van der Waals surface area contributed by atoms with Crippen molar-refractivity contribution >= 4 is 22.7 Å². The smallest absolute Gasteiger partial charge is 0.203 e. The summed E-state index contributed by atoms with van der Waals surface area (Å²) in [5.41, 5.74) is 2.68. The minimum atomic E-state index is 0.549. The molecule has 0 aliphatic heterocycles. The van der Waals surface area contributed by atoms with Gasteiger partial charge in [0.05, 0.1) is 33.3 Å². The molecule has 0 saturated heterocycles. The van der Waals surface area contributed by atoms with Crippen LogP contribution in [0.1, 0.15) is 18.1 Å². The van der Waals surface area contributed by atoms with Gasteiger partial charge in [0.25, 0.3) is 0 Å². The van der Waals surface area contributed by atoms with Gasteiger partial charge in [-0.25, -0.2) is 0 Å². The normalized spacial score (nSPS) is 11.8. The van der Waals surface area contributed by atoms with Crippen molar-refractivity contribution in [1.82, 2.24) is 0 Å². The van der Waals surface area contributed by atoms with Crippen LogP contribution in [0.5, 0.6) is 17.2 Å². The second kappa shape index (κ2) is 8.36. The van der Waals surface area contributed by atoms with Gasteiger partial charge in [-0.15, -0.1) is 0 Å². The number of ether oxygens (including phenoxy) is 3. The Labute approximate surface area is 158 Å². The zero-order valence-electron chi connectivity index (χ0n) is 15.9. The van der Waals surface area contributed by atoms with Crippen LogP contribution in [0.4, 0.5) is 0 Å². The van der Waals surface area contributed by atoms with Crippen molar-refractivity contribution in [3.63, 3.8) is 0 Å². The second-order valence-electron chi connectivity index (χ2n) is 5.95. The first-order chi connectivity index (χ1) is 13.2. The van der Waals surface area contributed by atoms with Crippen LogP contribution in [-0.2, 0) is 0 Å². The molecule has 27 heavy (non-hydrogen) atoms. The maximum absolute atomic E-state index is 5.35. The van der Waals surface area contributed by atoms with Crippen LogP contribution in [0.3, 0.4) is 0 Å². The molecule has 138 valence electrons. The van der Waals surface area contributed by atoms with Crippen molar-refractivity contribution in [2.75, 3.05) is 21.3 Å². The molecule has 0 aliphatic carbocycles. The number of fused-ring (bicyclic) bond motifs is 1. The van der Waals surface area contributed by atoms with Crippen molar-refractivity contribution in [3.05, 3.63) is 65.7 Å². The van der Waals surface area contributed by atoms with E-state index in [-0.39, 0.29) is 0 Å². The maximum Gasteiger partial charge on any atom is 0.203 e. The fraction of sp³-hybridized carbons (Fsp3) is 0.182. The van der Waals surface area contributed by atoms with Crippen LogP contribution >= 0.6 is 0 Å². The summed E-state index contributed by atoms with van der Waals surface area (Å²) in [7, 11) is 4.74. The third kappa shape index (κ3) is 4.08. The minimum Gasteiger partial charge on any atom is -0.493 e. The molecule has 5 heteroatoms. The van der Waals surface area contributed by atoms with E-state index < -0.39 is 0 Å². The quantitative estimate of drug-likeness (QED) is 0.471. The molecule has 0 saturated carbocycles. The zero-order valence-corrected chi connectivity index (χ0v) is 15.9. The molecule has 0 radical (unpaired) electrons. The number of hydrogen-bond acceptors (Lipinski definition) is 5. The lowest BCUT2D eigenvalue weighted by Crippen LogP contribution is -1.97. The topological polar surface area (TPSA) is 52.4 Å². The molecule has 0 aromatic heterocycles. The first-order valence-corrected chi connectivity index (χ1v) is 8.53. The minimum absolute atomic E-state index is 0.549. The number of benzene rings is 3. The fourth-order valence-electron chi connectivity index (χ4n) is 2.83. The van der Waals surface area contributed by atoms with Gasteiger partial charge >= 0.3 is 0 Å². The zero-order chi connectivity index (χ0) is 19.2. The highest BCUT2D eigenvalue weighted by Crippen LogP contribution is 2.37. The maximum atomic E-state index is 5.35. The summed E-state index contributed by atoms with van der Waals surface area (Å²) in [5.74, 6) is 1.70. The van der Waals surface area contributed by atoms with Crippen molar-refractivity contribution in [1.29, 1.82) is 0 Å². The Morgan fingerprint density at radius 2 is 1.48 bits per heavy atom. The van der Waals surface area contributed by atoms with E-state index in [1.165, 1.54) is 10.8 Å². The lowest BCUT2D eigenvalue weighted by atomic mass is 10.0. The van der Waals surface area contributed by atoms with Crippen molar-refractivity contribution < 1.29 is 14.2 Å². The van der Waals surface area contributed by atoms with Gasteiger partial charge in [-0.2, -0.15) is 10.2 Å². The van der Waals surface area contributed by atoms with E-state index in [1.807, 2.05) is 31.2 Å². The van der Waals surface area contributed by atoms with Gasteiger partial charge in [0.1, 0.15) is 0 Å². The SMILES string of the molecule is COc1cc(/C=N/N=C(C)c2ccc3ccccc3c2)cc(OC)c1OC. The Morgan fingerprint density at radius 1 is 0.815 bits per heavy atom. The molecule has 0 spiro atoms. The van der Waals surface area contributed by atoms with Gasteiger partial charge < -0.3 is 14.2 Å². The van der Waals surface area contributed by atoms with Gasteiger partial charge in [0.15, 0.2) is 11.5 Å². The van der Waals surface area contributed by atoms with Crippen LogP contribution in [-0.4, -0.2) is 33.3 Å². The highest BCUT2D eigenvalue weighted by Gasteiger charge is 2.12. The van der Waals surface area contributed by atoms with E-state index in [0.717, 1.165) is 16.8 Å². The van der Waals surface area contributed by atoms with Crippen molar-refractivity contribution in [3.8, 4) is 17.2 Å². The molecule has 3 aromatic rings. The van der Waals surface area contributed by atoms with Gasteiger partial charge in [-0.05, 0) is 41.5 Å². The lowest BCUT2D eigenvalue weighted by Gasteiger charge is -2.12. The molecule has 0 aliphatic rings. The van der Waals surface area contributed by atoms with Gasteiger partial charge in [-0.3, -0.25) is 0 Å². The molecular weight excluding hydrogens is 340 g/mol. The molecule has 0 atom stereocenters. The van der Waals surface area contributed by atoms with Crippen LogP contribution in [0.25, 0.3) is 10.8 Å². The molecule has 0 heterocycles. The molecular formula is C22H22N2O3. The fourth-order valence-corrected chi connectivity index (χ4v) is 2.83.